The maximum absolute atomic E-state index is 5.20. The van der Waals surface area contributed by atoms with Crippen molar-refractivity contribution < 1.29 is 4.74 Å². The van der Waals surface area contributed by atoms with Crippen molar-refractivity contribution in [1.82, 2.24) is 9.80 Å². The van der Waals surface area contributed by atoms with Crippen LogP contribution in [-0.2, 0) is 6.54 Å². The lowest BCUT2D eigenvalue weighted by Gasteiger charge is -2.35. The molecule has 0 amide bonds. The molecule has 1 unspecified atom stereocenters. The van der Waals surface area contributed by atoms with E-state index >= 15 is 0 Å². The topological polar surface area (TPSA) is 15.7 Å². The summed E-state index contributed by atoms with van der Waals surface area (Å²) in [7, 11) is 1.71. The highest BCUT2D eigenvalue weighted by molar-refractivity contribution is 5.27. The third-order valence-electron chi connectivity index (χ3n) is 4.30. The summed E-state index contributed by atoms with van der Waals surface area (Å²) >= 11 is 0. The lowest BCUT2D eigenvalue weighted by molar-refractivity contribution is 0.114. The second-order valence-corrected chi connectivity index (χ2v) is 5.94. The Bertz CT molecular complexity index is 382. The van der Waals surface area contributed by atoms with E-state index in [9.17, 15) is 0 Å². The molecule has 0 aliphatic carbocycles. The summed E-state index contributed by atoms with van der Waals surface area (Å²) in [4.78, 5) is 5.16. The van der Waals surface area contributed by atoms with Gasteiger partial charge >= 0.3 is 0 Å². The SMILES string of the molecule is CCC(C)CN1CCN(Cc2ccc(OC)cc2)CC1. The minimum Gasteiger partial charge on any atom is -0.497 e. The van der Waals surface area contributed by atoms with Crippen LogP contribution >= 0.6 is 0 Å². The van der Waals surface area contributed by atoms with E-state index in [1.54, 1.807) is 7.11 Å². The van der Waals surface area contributed by atoms with E-state index in [4.69, 9.17) is 4.74 Å². The van der Waals surface area contributed by atoms with Crippen molar-refractivity contribution in [1.29, 1.82) is 0 Å². The van der Waals surface area contributed by atoms with Crippen LogP contribution in [0.4, 0.5) is 0 Å². The monoisotopic (exact) mass is 276 g/mol. The summed E-state index contributed by atoms with van der Waals surface area (Å²) in [5, 5.41) is 0. The highest BCUT2D eigenvalue weighted by Crippen LogP contribution is 2.14. The first-order valence-electron chi connectivity index (χ1n) is 7.79. The van der Waals surface area contributed by atoms with Crippen LogP contribution in [-0.4, -0.2) is 49.6 Å². The summed E-state index contributed by atoms with van der Waals surface area (Å²) in [5.74, 6) is 1.76. The van der Waals surface area contributed by atoms with Crippen molar-refractivity contribution in [2.45, 2.75) is 26.8 Å². The Morgan fingerprint density at radius 1 is 1.05 bits per heavy atom. The number of hydrogen-bond donors (Lipinski definition) is 0. The van der Waals surface area contributed by atoms with Crippen molar-refractivity contribution in [3.8, 4) is 5.75 Å². The van der Waals surface area contributed by atoms with Crippen LogP contribution in [0.3, 0.4) is 0 Å². The summed E-state index contributed by atoms with van der Waals surface area (Å²) in [6.07, 6.45) is 1.28. The van der Waals surface area contributed by atoms with E-state index in [1.807, 2.05) is 0 Å². The van der Waals surface area contributed by atoms with Crippen molar-refractivity contribution in [2.75, 3.05) is 39.8 Å². The molecule has 1 fully saturated rings. The molecule has 20 heavy (non-hydrogen) atoms. The van der Waals surface area contributed by atoms with Crippen molar-refractivity contribution in [3.05, 3.63) is 29.8 Å². The van der Waals surface area contributed by atoms with Gasteiger partial charge in [0.15, 0.2) is 0 Å². The highest BCUT2D eigenvalue weighted by atomic mass is 16.5. The van der Waals surface area contributed by atoms with E-state index in [0.29, 0.717) is 0 Å². The Balaban J connectivity index is 1.76. The minimum atomic E-state index is 0.822. The van der Waals surface area contributed by atoms with Gasteiger partial charge in [0.2, 0.25) is 0 Å². The van der Waals surface area contributed by atoms with Crippen LogP contribution < -0.4 is 4.74 Å². The van der Waals surface area contributed by atoms with E-state index in [-0.39, 0.29) is 0 Å². The standard InChI is InChI=1S/C17H28N2O/c1-4-15(2)13-18-9-11-19(12-10-18)14-16-5-7-17(20-3)8-6-16/h5-8,15H,4,9-14H2,1-3H3. The molecule has 1 aromatic carbocycles. The lowest BCUT2D eigenvalue weighted by Crippen LogP contribution is -2.47. The summed E-state index contributed by atoms with van der Waals surface area (Å²) in [6.45, 7) is 11.7. The molecule has 1 heterocycles. The van der Waals surface area contributed by atoms with Gasteiger partial charge in [0.25, 0.3) is 0 Å². The zero-order chi connectivity index (χ0) is 14.4. The van der Waals surface area contributed by atoms with Gasteiger partial charge in [0, 0.05) is 39.3 Å². The van der Waals surface area contributed by atoms with Crippen molar-refractivity contribution >= 4 is 0 Å². The molecule has 1 atom stereocenters. The third-order valence-corrected chi connectivity index (χ3v) is 4.30. The average molecular weight is 276 g/mol. The molecular formula is C17H28N2O. The zero-order valence-corrected chi connectivity index (χ0v) is 13.1. The Morgan fingerprint density at radius 2 is 1.65 bits per heavy atom. The number of methoxy groups -OCH3 is 1. The molecule has 3 heteroatoms. The maximum Gasteiger partial charge on any atom is 0.118 e. The Kier molecular flexibility index (Phi) is 5.86. The second-order valence-electron chi connectivity index (χ2n) is 5.94. The van der Waals surface area contributed by atoms with Crippen LogP contribution in [0.15, 0.2) is 24.3 Å². The molecule has 0 N–H and O–H groups in total. The number of nitrogens with zero attached hydrogens (tertiary/aromatic N) is 2. The number of hydrogen-bond acceptors (Lipinski definition) is 3. The minimum absolute atomic E-state index is 0.822. The third kappa shape index (κ3) is 4.50. The van der Waals surface area contributed by atoms with Gasteiger partial charge in [-0.2, -0.15) is 0 Å². The fourth-order valence-electron chi connectivity index (χ4n) is 2.69. The Morgan fingerprint density at radius 3 is 2.20 bits per heavy atom. The van der Waals surface area contributed by atoms with E-state index in [1.165, 1.54) is 44.7 Å². The quantitative estimate of drug-likeness (QED) is 0.794. The van der Waals surface area contributed by atoms with E-state index in [0.717, 1.165) is 18.2 Å². The molecule has 2 rings (SSSR count). The largest absolute Gasteiger partial charge is 0.497 e. The number of piperazine rings is 1. The van der Waals surface area contributed by atoms with Gasteiger partial charge in [0.1, 0.15) is 5.75 Å². The molecule has 1 saturated heterocycles. The van der Waals surface area contributed by atoms with E-state index < -0.39 is 0 Å². The predicted molar refractivity (Wildman–Crippen MR) is 84.2 cm³/mol. The lowest BCUT2D eigenvalue weighted by atomic mass is 10.1. The number of ether oxygens (including phenoxy) is 1. The molecule has 0 bridgehead atoms. The van der Waals surface area contributed by atoms with Gasteiger partial charge in [-0.3, -0.25) is 4.90 Å². The van der Waals surface area contributed by atoms with E-state index in [2.05, 4.69) is 47.9 Å². The molecular weight excluding hydrogens is 248 g/mol. The van der Waals surface area contributed by atoms with Gasteiger partial charge in [-0.1, -0.05) is 32.4 Å². The molecule has 0 aromatic heterocycles. The van der Waals surface area contributed by atoms with Gasteiger partial charge in [-0.05, 0) is 23.6 Å². The summed E-state index contributed by atoms with van der Waals surface area (Å²) < 4.78 is 5.20. The Labute approximate surface area is 123 Å². The molecule has 0 radical (unpaired) electrons. The first-order valence-corrected chi connectivity index (χ1v) is 7.79. The van der Waals surface area contributed by atoms with Crippen LogP contribution in [0.5, 0.6) is 5.75 Å². The molecule has 0 spiro atoms. The summed E-state index contributed by atoms with van der Waals surface area (Å²) in [6, 6.07) is 8.44. The normalized spacial score (nSPS) is 18.9. The first kappa shape index (κ1) is 15.3. The highest BCUT2D eigenvalue weighted by Gasteiger charge is 2.17. The predicted octanol–water partition coefficient (Wildman–Crippen LogP) is 2.86. The fourth-order valence-corrected chi connectivity index (χ4v) is 2.69. The molecule has 1 aliphatic rings. The summed E-state index contributed by atoms with van der Waals surface area (Å²) in [5.41, 5.74) is 1.38. The van der Waals surface area contributed by atoms with Crippen LogP contribution in [0, 0.1) is 5.92 Å². The van der Waals surface area contributed by atoms with Crippen LogP contribution in [0.1, 0.15) is 25.8 Å². The van der Waals surface area contributed by atoms with Crippen LogP contribution in [0.25, 0.3) is 0 Å². The smallest absolute Gasteiger partial charge is 0.118 e. The number of benzene rings is 1. The van der Waals surface area contributed by atoms with Gasteiger partial charge in [-0.15, -0.1) is 0 Å². The molecule has 3 nitrogen and oxygen atoms in total. The fraction of sp³-hybridized carbons (Fsp3) is 0.647. The van der Waals surface area contributed by atoms with Gasteiger partial charge in [-0.25, -0.2) is 0 Å². The van der Waals surface area contributed by atoms with Crippen LogP contribution in [0.2, 0.25) is 0 Å². The van der Waals surface area contributed by atoms with Crippen molar-refractivity contribution in [2.24, 2.45) is 5.92 Å². The van der Waals surface area contributed by atoms with Gasteiger partial charge in [0.05, 0.1) is 7.11 Å². The number of rotatable bonds is 6. The molecule has 112 valence electrons. The molecule has 1 aromatic rings. The maximum atomic E-state index is 5.20. The van der Waals surface area contributed by atoms with Crippen molar-refractivity contribution in [3.63, 3.8) is 0 Å². The Hall–Kier alpha value is -1.06. The zero-order valence-electron chi connectivity index (χ0n) is 13.1. The first-order chi connectivity index (χ1) is 9.71. The second kappa shape index (κ2) is 7.65. The molecule has 0 saturated carbocycles. The molecule has 1 aliphatic heterocycles. The average Bonchev–Trinajstić information content (AvgIpc) is 2.50. The van der Waals surface area contributed by atoms with Gasteiger partial charge < -0.3 is 9.64 Å².